The summed E-state index contributed by atoms with van der Waals surface area (Å²) in [7, 11) is -3.25. The van der Waals surface area contributed by atoms with Crippen LogP contribution in [0.5, 0.6) is 0 Å². The first-order valence-electron chi connectivity index (χ1n) is 8.07. The van der Waals surface area contributed by atoms with Crippen LogP contribution in [0.3, 0.4) is 0 Å². The van der Waals surface area contributed by atoms with Crippen molar-refractivity contribution < 1.29 is 8.42 Å². The molecule has 0 aliphatic carbocycles. The van der Waals surface area contributed by atoms with Gasteiger partial charge in [0.05, 0.1) is 5.75 Å². The summed E-state index contributed by atoms with van der Waals surface area (Å²) in [5.74, 6) is 0.156. The number of anilines is 2. The molecule has 4 nitrogen and oxygen atoms in total. The Morgan fingerprint density at radius 1 is 1.04 bits per heavy atom. The highest BCUT2D eigenvalue weighted by molar-refractivity contribution is 7.92. The molecule has 0 aliphatic heterocycles. The van der Waals surface area contributed by atoms with Crippen LogP contribution in [-0.4, -0.2) is 20.7 Å². The van der Waals surface area contributed by atoms with E-state index in [4.69, 9.17) is 11.6 Å². The quantitative estimate of drug-likeness (QED) is 0.685. The van der Waals surface area contributed by atoms with Crippen LogP contribution in [0.2, 0.25) is 5.02 Å². The number of unbranched alkanes of at least 4 members (excludes halogenated alkanes) is 1. The predicted molar refractivity (Wildman–Crippen MR) is 102 cm³/mol. The van der Waals surface area contributed by atoms with Crippen molar-refractivity contribution in [3.63, 3.8) is 0 Å². The molecule has 0 fully saturated rings. The molecule has 0 spiro atoms. The summed E-state index contributed by atoms with van der Waals surface area (Å²) in [5.41, 5.74) is 2.72. The normalized spacial score (nSPS) is 11.2. The van der Waals surface area contributed by atoms with Gasteiger partial charge in [0.1, 0.15) is 0 Å². The highest BCUT2D eigenvalue weighted by atomic mass is 35.5. The lowest BCUT2D eigenvalue weighted by molar-refractivity contribution is 0.598. The Morgan fingerprint density at radius 3 is 2.42 bits per heavy atom. The molecule has 6 heteroatoms. The molecular weight excluding hydrogens is 344 g/mol. The van der Waals surface area contributed by atoms with Crippen molar-refractivity contribution in [2.75, 3.05) is 22.3 Å². The van der Waals surface area contributed by atoms with E-state index in [-0.39, 0.29) is 5.75 Å². The number of rotatable bonds is 9. The predicted octanol–water partition coefficient (Wildman–Crippen LogP) is 4.54. The van der Waals surface area contributed by atoms with Crippen molar-refractivity contribution in [1.29, 1.82) is 0 Å². The first-order valence-corrected chi connectivity index (χ1v) is 10.1. The molecule has 24 heavy (non-hydrogen) atoms. The lowest BCUT2D eigenvalue weighted by atomic mass is 10.1. The van der Waals surface area contributed by atoms with Crippen LogP contribution in [-0.2, 0) is 16.4 Å². The number of nitrogens with one attached hydrogen (secondary N) is 2. The molecule has 0 amide bonds. The van der Waals surface area contributed by atoms with Crippen molar-refractivity contribution in [3.8, 4) is 0 Å². The third kappa shape index (κ3) is 6.42. The smallest absolute Gasteiger partial charge is 0.232 e. The molecule has 0 unspecified atom stereocenters. The first-order chi connectivity index (χ1) is 11.5. The molecule has 2 rings (SSSR count). The van der Waals surface area contributed by atoms with Crippen LogP contribution in [0.15, 0.2) is 48.5 Å². The average molecular weight is 367 g/mol. The molecular formula is C18H23ClN2O2S. The van der Waals surface area contributed by atoms with Gasteiger partial charge < -0.3 is 5.32 Å². The summed E-state index contributed by atoms with van der Waals surface area (Å²) >= 11 is 5.97. The zero-order valence-electron chi connectivity index (χ0n) is 13.8. The molecule has 0 saturated carbocycles. The Morgan fingerprint density at radius 2 is 1.75 bits per heavy atom. The lowest BCUT2D eigenvalue weighted by Crippen LogP contribution is -2.16. The monoisotopic (exact) mass is 366 g/mol. The van der Waals surface area contributed by atoms with Crippen molar-refractivity contribution in [2.45, 2.75) is 26.2 Å². The lowest BCUT2D eigenvalue weighted by Gasteiger charge is -2.10. The minimum atomic E-state index is -3.25. The van der Waals surface area contributed by atoms with Gasteiger partial charge in [0.25, 0.3) is 0 Å². The molecule has 0 aromatic heterocycles. The van der Waals surface area contributed by atoms with Crippen molar-refractivity contribution >= 4 is 33.0 Å². The van der Waals surface area contributed by atoms with Crippen LogP contribution < -0.4 is 10.0 Å². The summed E-state index contributed by atoms with van der Waals surface area (Å²) in [6.07, 6.45) is 2.39. The van der Waals surface area contributed by atoms with Gasteiger partial charge in [-0.2, -0.15) is 0 Å². The highest BCUT2D eigenvalue weighted by Gasteiger charge is 2.09. The van der Waals surface area contributed by atoms with Gasteiger partial charge in [0, 0.05) is 22.9 Å². The maximum absolute atomic E-state index is 11.9. The number of halogens is 1. The van der Waals surface area contributed by atoms with E-state index >= 15 is 0 Å². The summed E-state index contributed by atoms with van der Waals surface area (Å²) < 4.78 is 26.3. The van der Waals surface area contributed by atoms with Crippen molar-refractivity contribution in [1.82, 2.24) is 0 Å². The van der Waals surface area contributed by atoms with E-state index in [1.54, 1.807) is 12.1 Å². The fourth-order valence-electron chi connectivity index (χ4n) is 2.26. The van der Waals surface area contributed by atoms with E-state index in [1.165, 1.54) is 5.56 Å². The van der Waals surface area contributed by atoms with Crippen LogP contribution in [0.4, 0.5) is 11.4 Å². The SMILES string of the molecule is CCCCS(=O)(=O)Nc1ccc(NCCc2cccc(Cl)c2)cc1. The third-order valence-electron chi connectivity index (χ3n) is 3.56. The minimum Gasteiger partial charge on any atom is -0.385 e. The Bertz CT molecular complexity index is 746. The molecule has 0 aliphatic rings. The minimum absolute atomic E-state index is 0.156. The van der Waals surface area contributed by atoms with E-state index in [0.717, 1.165) is 30.1 Å². The van der Waals surface area contributed by atoms with E-state index in [9.17, 15) is 8.42 Å². The van der Waals surface area contributed by atoms with Gasteiger partial charge in [-0.15, -0.1) is 0 Å². The number of benzene rings is 2. The van der Waals surface area contributed by atoms with Crippen LogP contribution in [0.1, 0.15) is 25.3 Å². The van der Waals surface area contributed by atoms with Crippen LogP contribution in [0, 0.1) is 0 Å². The number of hydrogen-bond donors (Lipinski definition) is 2. The molecule has 0 atom stereocenters. The second kappa shape index (κ2) is 8.94. The maximum Gasteiger partial charge on any atom is 0.232 e. The Labute approximate surface area is 149 Å². The average Bonchev–Trinajstić information content (AvgIpc) is 2.54. The van der Waals surface area contributed by atoms with Gasteiger partial charge >= 0.3 is 0 Å². The summed E-state index contributed by atoms with van der Waals surface area (Å²) in [4.78, 5) is 0. The van der Waals surface area contributed by atoms with E-state index < -0.39 is 10.0 Å². The van der Waals surface area contributed by atoms with E-state index in [1.807, 2.05) is 43.3 Å². The molecule has 130 valence electrons. The zero-order chi connectivity index (χ0) is 17.4. The van der Waals surface area contributed by atoms with Crippen LogP contribution >= 0.6 is 11.6 Å². The fraction of sp³-hybridized carbons (Fsp3) is 0.333. The highest BCUT2D eigenvalue weighted by Crippen LogP contribution is 2.16. The van der Waals surface area contributed by atoms with E-state index in [2.05, 4.69) is 10.0 Å². The van der Waals surface area contributed by atoms with Gasteiger partial charge in [0.2, 0.25) is 10.0 Å². The van der Waals surface area contributed by atoms with Gasteiger partial charge in [-0.3, -0.25) is 4.72 Å². The topological polar surface area (TPSA) is 58.2 Å². The van der Waals surface area contributed by atoms with E-state index in [0.29, 0.717) is 12.1 Å². The van der Waals surface area contributed by atoms with Crippen molar-refractivity contribution in [2.24, 2.45) is 0 Å². The summed E-state index contributed by atoms with van der Waals surface area (Å²) in [5, 5.41) is 4.06. The summed E-state index contributed by atoms with van der Waals surface area (Å²) in [6.45, 7) is 2.75. The molecule has 2 aromatic carbocycles. The fourth-order valence-corrected chi connectivity index (χ4v) is 3.74. The maximum atomic E-state index is 11.9. The zero-order valence-corrected chi connectivity index (χ0v) is 15.3. The Kier molecular flexibility index (Phi) is 6.94. The number of sulfonamides is 1. The largest absolute Gasteiger partial charge is 0.385 e. The van der Waals surface area contributed by atoms with Gasteiger partial charge in [-0.25, -0.2) is 8.42 Å². The second-order valence-corrected chi connectivity index (χ2v) is 7.94. The Balaban J connectivity index is 1.83. The first kappa shape index (κ1) is 18.6. The molecule has 0 radical (unpaired) electrons. The van der Waals surface area contributed by atoms with Gasteiger partial charge in [-0.1, -0.05) is 37.1 Å². The van der Waals surface area contributed by atoms with Crippen LogP contribution in [0.25, 0.3) is 0 Å². The van der Waals surface area contributed by atoms with Crippen molar-refractivity contribution in [3.05, 3.63) is 59.1 Å². The molecule has 0 heterocycles. The standard InChI is InChI=1S/C18H23ClN2O2S/c1-2-3-13-24(22,23)21-18-9-7-17(8-10-18)20-12-11-15-5-4-6-16(19)14-15/h4-10,14,20-21H,2-3,11-13H2,1H3. The van der Waals surface area contributed by atoms with Gasteiger partial charge in [-0.05, 0) is 54.8 Å². The second-order valence-electron chi connectivity index (χ2n) is 5.66. The molecule has 2 N–H and O–H groups in total. The molecule has 0 saturated heterocycles. The summed E-state index contributed by atoms with van der Waals surface area (Å²) in [6, 6.07) is 15.1. The molecule has 2 aromatic rings. The molecule has 0 bridgehead atoms. The number of hydrogen-bond acceptors (Lipinski definition) is 3. The third-order valence-corrected chi connectivity index (χ3v) is 5.16. The Hall–Kier alpha value is -1.72. The van der Waals surface area contributed by atoms with Gasteiger partial charge in [0.15, 0.2) is 0 Å².